The minimum absolute atomic E-state index is 0.221. The molecule has 0 aliphatic heterocycles. The summed E-state index contributed by atoms with van der Waals surface area (Å²) < 4.78 is 8.81. The van der Waals surface area contributed by atoms with Gasteiger partial charge < -0.3 is 9.09 Å². The lowest BCUT2D eigenvalue weighted by Crippen LogP contribution is -2.13. The minimum atomic E-state index is -0.403. The van der Waals surface area contributed by atoms with Crippen LogP contribution in [0.25, 0.3) is 10.2 Å². The minimum Gasteiger partial charge on any atom is -0.361 e. The highest BCUT2D eigenvalue weighted by molar-refractivity contribution is 9.10. The molecule has 0 aliphatic rings. The van der Waals surface area contributed by atoms with E-state index in [0.717, 1.165) is 14.7 Å². The number of nitrogens with zero attached hydrogens (tertiary/aromatic N) is 3. The Labute approximate surface area is 126 Å². The zero-order valence-electron chi connectivity index (χ0n) is 10.8. The molecule has 0 atom stereocenters. The maximum absolute atomic E-state index is 12.0. The molecule has 1 aromatic carbocycles. The quantitative estimate of drug-likeness (QED) is 0.676. The molecule has 2 heterocycles. The molecule has 102 valence electrons. The molecule has 0 spiro atoms. The van der Waals surface area contributed by atoms with Crippen molar-refractivity contribution in [3.8, 4) is 0 Å². The molecule has 7 heteroatoms. The predicted octanol–water partition coefficient (Wildman–Crippen LogP) is 3.04. The topological polar surface area (TPSA) is 60.4 Å². The Kier molecular flexibility index (Phi) is 3.31. The summed E-state index contributed by atoms with van der Waals surface area (Å²) in [6, 6.07) is 7.49. The fourth-order valence-electron chi connectivity index (χ4n) is 1.88. The van der Waals surface area contributed by atoms with E-state index in [-0.39, 0.29) is 5.69 Å². The summed E-state index contributed by atoms with van der Waals surface area (Å²) in [6.07, 6.45) is 0. The Hall–Kier alpha value is -1.73. The maximum Gasteiger partial charge on any atom is 0.301 e. The Morgan fingerprint density at radius 1 is 1.50 bits per heavy atom. The van der Waals surface area contributed by atoms with Crippen LogP contribution in [0.4, 0.5) is 0 Å². The van der Waals surface area contributed by atoms with Gasteiger partial charge in [-0.1, -0.05) is 22.6 Å². The van der Waals surface area contributed by atoms with Crippen LogP contribution in [0.15, 0.2) is 38.3 Å². The number of amides is 1. The number of rotatable bonds is 1. The highest BCUT2D eigenvalue weighted by Crippen LogP contribution is 2.24. The molecule has 1 amide bonds. The molecule has 3 aromatic rings. The van der Waals surface area contributed by atoms with Gasteiger partial charge in [0.15, 0.2) is 10.5 Å². The standard InChI is InChI=1S/C13H10BrN3O2S/c1-7-6-9(16-19-7)12(18)15-13-17(2)11-8(14)4-3-5-10(11)20-13/h3-6H,1-2H3. The summed E-state index contributed by atoms with van der Waals surface area (Å²) >= 11 is 4.96. The van der Waals surface area contributed by atoms with Crippen molar-refractivity contribution >= 4 is 43.4 Å². The van der Waals surface area contributed by atoms with E-state index >= 15 is 0 Å². The Morgan fingerprint density at radius 3 is 2.95 bits per heavy atom. The number of carbonyl (C=O) groups excluding carboxylic acids is 1. The van der Waals surface area contributed by atoms with Crippen LogP contribution in [0.1, 0.15) is 16.2 Å². The number of fused-ring (bicyclic) bond motifs is 1. The monoisotopic (exact) mass is 351 g/mol. The number of thiazole rings is 1. The zero-order valence-corrected chi connectivity index (χ0v) is 13.2. The van der Waals surface area contributed by atoms with E-state index in [1.54, 1.807) is 13.0 Å². The number of hydrogen-bond donors (Lipinski definition) is 0. The molecule has 5 nitrogen and oxygen atoms in total. The number of para-hydroxylation sites is 1. The van der Waals surface area contributed by atoms with Crippen molar-refractivity contribution in [1.29, 1.82) is 0 Å². The third-order valence-corrected chi connectivity index (χ3v) is 4.55. The van der Waals surface area contributed by atoms with Gasteiger partial charge in [0.05, 0.1) is 10.2 Å². The fourth-order valence-corrected chi connectivity index (χ4v) is 3.68. The highest BCUT2D eigenvalue weighted by Gasteiger charge is 2.12. The summed E-state index contributed by atoms with van der Waals surface area (Å²) in [6.45, 7) is 1.74. The normalized spacial score (nSPS) is 12.2. The van der Waals surface area contributed by atoms with E-state index in [9.17, 15) is 4.79 Å². The van der Waals surface area contributed by atoms with Gasteiger partial charge in [-0.15, -0.1) is 0 Å². The van der Waals surface area contributed by atoms with Gasteiger partial charge in [0.2, 0.25) is 0 Å². The molecule has 3 rings (SSSR count). The van der Waals surface area contributed by atoms with Crippen LogP contribution in [-0.4, -0.2) is 15.6 Å². The lowest BCUT2D eigenvalue weighted by Gasteiger charge is -1.97. The molecule has 0 aliphatic carbocycles. The van der Waals surface area contributed by atoms with Gasteiger partial charge in [-0.3, -0.25) is 4.79 Å². The van der Waals surface area contributed by atoms with Crippen LogP contribution in [0.3, 0.4) is 0 Å². The van der Waals surface area contributed by atoms with Crippen molar-refractivity contribution in [3.05, 3.63) is 45.0 Å². The van der Waals surface area contributed by atoms with Crippen molar-refractivity contribution in [2.45, 2.75) is 6.92 Å². The molecule has 0 fully saturated rings. The maximum atomic E-state index is 12.0. The van der Waals surface area contributed by atoms with Gasteiger partial charge in [-0.25, -0.2) is 0 Å². The van der Waals surface area contributed by atoms with Crippen LogP contribution in [0.2, 0.25) is 0 Å². The third-order valence-electron chi connectivity index (χ3n) is 2.82. The molecule has 0 saturated carbocycles. The number of hydrogen-bond acceptors (Lipinski definition) is 4. The highest BCUT2D eigenvalue weighted by atomic mass is 79.9. The molecule has 2 aromatic heterocycles. The number of carbonyl (C=O) groups is 1. The number of aryl methyl sites for hydroxylation is 2. The SMILES string of the molecule is Cc1cc(C(=O)N=c2sc3cccc(Br)c3n2C)no1. The summed E-state index contributed by atoms with van der Waals surface area (Å²) in [5.74, 6) is 0.187. The van der Waals surface area contributed by atoms with E-state index in [1.165, 1.54) is 11.3 Å². The van der Waals surface area contributed by atoms with Gasteiger partial charge in [0.25, 0.3) is 0 Å². The van der Waals surface area contributed by atoms with Gasteiger partial charge in [0, 0.05) is 17.6 Å². The number of benzene rings is 1. The lowest BCUT2D eigenvalue weighted by molar-refractivity contribution is 0.0989. The first kappa shape index (κ1) is 13.3. The van der Waals surface area contributed by atoms with E-state index in [2.05, 4.69) is 26.1 Å². The summed E-state index contributed by atoms with van der Waals surface area (Å²) in [7, 11) is 1.88. The first-order valence-corrected chi connectivity index (χ1v) is 7.43. The van der Waals surface area contributed by atoms with Gasteiger partial charge in [-0.05, 0) is 35.0 Å². The average molecular weight is 352 g/mol. The molecule has 0 bridgehead atoms. The second-order valence-electron chi connectivity index (χ2n) is 4.27. The Morgan fingerprint density at radius 2 is 2.30 bits per heavy atom. The van der Waals surface area contributed by atoms with Gasteiger partial charge >= 0.3 is 5.91 Å². The van der Waals surface area contributed by atoms with Gasteiger partial charge in [0.1, 0.15) is 5.76 Å². The van der Waals surface area contributed by atoms with Crippen molar-refractivity contribution in [2.75, 3.05) is 0 Å². The summed E-state index contributed by atoms with van der Waals surface area (Å²) in [5.41, 5.74) is 1.24. The summed E-state index contributed by atoms with van der Waals surface area (Å²) in [4.78, 5) is 16.8. The molecular formula is C13H10BrN3O2S. The molecule has 20 heavy (non-hydrogen) atoms. The lowest BCUT2D eigenvalue weighted by atomic mass is 10.3. The Bertz CT molecular complexity index is 875. The molecule has 0 radical (unpaired) electrons. The number of aromatic nitrogens is 2. The van der Waals surface area contributed by atoms with Crippen molar-refractivity contribution in [2.24, 2.45) is 12.0 Å². The van der Waals surface area contributed by atoms with Crippen LogP contribution in [0.5, 0.6) is 0 Å². The van der Waals surface area contributed by atoms with Crippen LogP contribution in [0, 0.1) is 6.92 Å². The van der Waals surface area contributed by atoms with Crippen molar-refractivity contribution in [3.63, 3.8) is 0 Å². The van der Waals surface area contributed by atoms with E-state index in [4.69, 9.17) is 4.52 Å². The average Bonchev–Trinajstić information content (AvgIpc) is 2.96. The zero-order chi connectivity index (χ0) is 14.3. The first-order valence-electron chi connectivity index (χ1n) is 5.82. The third kappa shape index (κ3) is 2.23. The summed E-state index contributed by atoms with van der Waals surface area (Å²) in [5, 5.41) is 3.68. The van der Waals surface area contributed by atoms with E-state index in [0.29, 0.717) is 10.6 Å². The smallest absolute Gasteiger partial charge is 0.301 e. The van der Waals surface area contributed by atoms with Crippen LogP contribution in [-0.2, 0) is 7.05 Å². The predicted molar refractivity (Wildman–Crippen MR) is 79.6 cm³/mol. The molecule has 0 N–H and O–H groups in total. The first-order chi connectivity index (χ1) is 9.56. The fraction of sp³-hybridized carbons (Fsp3) is 0.154. The molecule has 0 unspecified atom stereocenters. The van der Waals surface area contributed by atoms with Crippen molar-refractivity contribution < 1.29 is 9.32 Å². The van der Waals surface area contributed by atoms with E-state index in [1.807, 2.05) is 29.8 Å². The number of halogens is 1. The Balaban J connectivity index is 2.15. The van der Waals surface area contributed by atoms with Crippen LogP contribution >= 0.6 is 27.3 Å². The van der Waals surface area contributed by atoms with E-state index < -0.39 is 5.91 Å². The second kappa shape index (κ2) is 4.99. The molecule has 0 saturated heterocycles. The van der Waals surface area contributed by atoms with Gasteiger partial charge in [-0.2, -0.15) is 4.99 Å². The second-order valence-corrected chi connectivity index (χ2v) is 6.13. The van der Waals surface area contributed by atoms with Crippen molar-refractivity contribution in [1.82, 2.24) is 9.72 Å². The molecular weight excluding hydrogens is 342 g/mol. The van der Waals surface area contributed by atoms with Crippen LogP contribution < -0.4 is 4.80 Å². The largest absolute Gasteiger partial charge is 0.361 e.